The molecule has 1 aromatic rings. The summed E-state index contributed by atoms with van der Waals surface area (Å²) in [6.07, 6.45) is 0.480. The van der Waals surface area contributed by atoms with Gasteiger partial charge in [0.25, 0.3) is 0 Å². The minimum atomic E-state index is -1.53. The molecule has 1 rings (SSSR count). The Labute approximate surface area is 87.2 Å². The molecule has 0 saturated heterocycles. The van der Waals surface area contributed by atoms with Crippen molar-refractivity contribution in [2.24, 2.45) is 5.92 Å². The summed E-state index contributed by atoms with van der Waals surface area (Å²) in [7, 11) is 0. The van der Waals surface area contributed by atoms with E-state index in [0.29, 0.717) is 6.42 Å². The van der Waals surface area contributed by atoms with Crippen molar-refractivity contribution in [3.63, 3.8) is 0 Å². The van der Waals surface area contributed by atoms with E-state index >= 15 is 0 Å². The molecule has 4 heteroatoms. The van der Waals surface area contributed by atoms with Crippen molar-refractivity contribution >= 4 is 11.9 Å². The average molecular weight is 207 g/mol. The molecular weight excluding hydrogens is 196 g/mol. The normalized spacial score (nSPS) is 12.0. The third-order valence-corrected chi connectivity index (χ3v) is 2.15. The van der Waals surface area contributed by atoms with Crippen LogP contribution in [0.4, 0.5) is 0 Å². The Bertz CT molecular complexity index is 331. The highest BCUT2D eigenvalue weighted by Gasteiger charge is 2.18. The van der Waals surface area contributed by atoms with Crippen LogP contribution in [0, 0.1) is 5.92 Å². The van der Waals surface area contributed by atoms with Crippen LogP contribution in [0.25, 0.3) is 0 Å². The summed E-state index contributed by atoms with van der Waals surface area (Å²) in [5, 5.41) is 19.1. The number of rotatable bonds is 5. The quantitative estimate of drug-likeness (QED) is 0.693. The third kappa shape index (κ3) is 3.42. The Kier molecular flexibility index (Phi) is 3.85. The van der Waals surface area contributed by atoms with Crippen molar-refractivity contribution < 1.29 is 19.8 Å². The van der Waals surface area contributed by atoms with E-state index in [4.69, 9.17) is 5.11 Å². The van der Waals surface area contributed by atoms with E-state index in [1.54, 1.807) is 0 Å². The lowest BCUT2D eigenvalue weighted by atomic mass is 10.00. The number of carboxylic acid groups (broad SMARTS) is 2. The smallest absolute Gasteiger partial charge is 0.312 e. The fraction of sp³-hybridized carbons (Fsp3) is 0.273. The molecule has 0 radical (unpaired) electrons. The number of hydrogen-bond donors (Lipinski definition) is 1. The summed E-state index contributed by atoms with van der Waals surface area (Å²) in [6, 6.07) is 9.15. The molecule has 0 aromatic heterocycles. The van der Waals surface area contributed by atoms with E-state index in [9.17, 15) is 14.7 Å². The van der Waals surface area contributed by atoms with Crippen molar-refractivity contribution in [1.29, 1.82) is 0 Å². The van der Waals surface area contributed by atoms with Gasteiger partial charge in [0.2, 0.25) is 0 Å². The molecule has 0 aliphatic rings. The van der Waals surface area contributed by atoms with Gasteiger partial charge in [-0.3, -0.25) is 4.79 Å². The molecule has 0 spiro atoms. The summed E-state index contributed by atoms with van der Waals surface area (Å²) in [5.74, 6) is -4.30. The number of carbonyl (C=O) groups excluding carboxylic acids is 1. The number of carbonyl (C=O) groups is 2. The standard InChI is InChI=1S/C11H12O4/c12-10(13)9(11(14)15)7-6-8-4-2-1-3-5-8/h1-5,9H,6-7H2,(H,12,13)(H,14,15)/p-1. The van der Waals surface area contributed by atoms with Crippen LogP contribution in [0.3, 0.4) is 0 Å². The number of aryl methyl sites for hydroxylation is 1. The van der Waals surface area contributed by atoms with E-state index in [-0.39, 0.29) is 6.42 Å². The van der Waals surface area contributed by atoms with Crippen LogP contribution >= 0.6 is 0 Å². The van der Waals surface area contributed by atoms with Gasteiger partial charge < -0.3 is 15.0 Å². The maximum atomic E-state index is 10.5. The molecule has 1 N–H and O–H groups in total. The van der Waals surface area contributed by atoms with Crippen LogP contribution in [-0.4, -0.2) is 17.0 Å². The van der Waals surface area contributed by atoms with Crippen molar-refractivity contribution in [2.75, 3.05) is 0 Å². The molecular formula is C11H11O4-. The van der Waals surface area contributed by atoms with E-state index in [1.807, 2.05) is 30.3 Å². The summed E-state index contributed by atoms with van der Waals surface area (Å²) in [5.41, 5.74) is 0.921. The van der Waals surface area contributed by atoms with Gasteiger partial charge in [0.1, 0.15) is 0 Å². The highest BCUT2D eigenvalue weighted by molar-refractivity contribution is 5.91. The van der Waals surface area contributed by atoms with Gasteiger partial charge in [-0.2, -0.15) is 0 Å². The number of carboxylic acids is 2. The van der Waals surface area contributed by atoms with Gasteiger partial charge in [-0.05, 0) is 18.4 Å². The predicted molar refractivity (Wildman–Crippen MR) is 50.9 cm³/mol. The van der Waals surface area contributed by atoms with Crippen LogP contribution in [0.15, 0.2) is 30.3 Å². The lowest BCUT2D eigenvalue weighted by molar-refractivity contribution is -0.310. The molecule has 80 valence electrons. The molecule has 0 aliphatic carbocycles. The molecule has 0 fully saturated rings. The number of benzene rings is 1. The lowest BCUT2D eigenvalue weighted by Crippen LogP contribution is -2.36. The maximum Gasteiger partial charge on any atom is 0.312 e. The van der Waals surface area contributed by atoms with E-state index < -0.39 is 17.9 Å². The average Bonchev–Trinajstić information content (AvgIpc) is 2.18. The molecule has 1 aromatic carbocycles. The molecule has 4 nitrogen and oxygen atoms in total. The Morgan fingerprint density at radius 2 is 1.87 bits per heavy atom. The van der Waals surface area contributed by atoms with Crippen LogP contribution in [0.1, 0.15) is 12.0 Å². The molecule has 0 amide bonds. The zero-order chi connectivity index (χ0) is 11.3. The second-order valence-electron chi connectivity index (χ2n) is 3.23. The molecule has 0 aliphatic heterocycles. The topological polar surface area (TPSA) is 77.4 Å². The Morgan fingerprint density at radius 3 is 2.33 bits per heavy atom. The van der Waals surface area contributed by atoms with Gasteiger partial charge in [-0.15, -0.1) is 0 Å². The molecule has 0 bridgehead atoms. The van der Waals surface area contributed by atoms with E-state index in [0.717, 1.165) is 5.56 Å². The van der Waals surface area contributed by atoms with Crippen LogP contribution in [0.5, 0.6) is 0 Å². The molecule has 0 saturated carbocycles. The lowest BCUT2D eigenvalue weighted by Gasteiger charge is -2.12. The largest absolute Gasteiger partial charge is 0.549 e. The summed E-state index contributed by atoms with van der Waals surface area (Å²) in [6.45, 7) is 0. The zero-order valence-electron chi connectivity index (χ0n) is 8.05. The molecule has 15 heavy (non-hydrogen) atoms. The highest BCUT2D eigenvalue weighted by atomic mass is 16.4. The van der Waals surface area contributed by atoms with Crippen molar-refractivity contribution in [3.05, 3.63) is 35.9 Å². The first-order chi connectivity index (χ1) is 7.11. The second kappa shape index (κ2) is 5.14. The zero-order valence-corrected chi connectivity index (χ0v) is 8.05. The third-order valence-electron chi connectivity index (χ3n) is 2.15. The minimum absolute atomic E-state index is 0.0572. The predicted octanol–water partition coefficient (Wildman–Crippen LogP) is 0.0699. The fourth-order valence-electron chi connectivity index (χ4n) is 1.30. The summed E-state index contributed by atoms with van der Waals surface area (Å²) in [4.78, 5) is 21.0. The molecule has 0 heterocycles. The van der Waals surface area contributed by atoms with Crippen LogP contribution < -0.4 is 5.11 Å². The van der Waals surface area contributed by atoms with Gasteiger partial charge in [0, 0.05) is 0 Å². The van der Waals surface area contributed by atoms with Gasteiger partial charge in [0.15, 0.2) is 0 Å². The Morgan fingerprint density at radius 1 is 1.27 bits per heavy atom. The monoisotopic (exact) mass is 207 g/mol. The summed E-state index contributed by atoms with van der Waals surface area (Å²) < 4.78 is 0. The first-order valence-corrected chi connectivity index (χ1v) is 4.59. The summed E-state index contributed by atoms with van der Waals surface area (Å²) >= 11 is 0. The first kappa shape index (κ1) is 11.2. The number of hydrogen-bond acceptors (Lipinski definition) is 3. The van der Waals surface area contributed by atoms with Gasteiger partial charge >= 0.3 is 5.97 Å². The highest BCUT2D eigenvalue weighted by Crippen LogP contribution is 2.09. The van der Waals surface area contributed by atoms with Crippen LogP contribution in [-0.2, 0) is 16.0 Å². The Balaban J connectivity index is 2.55. The van der Waals surface area contributed by atoms with E-state index in [2.05, 4.69) is 0 Å². The number of aliphatic carboxylic acids is 2. The second-order valence-corrected chi connectivity index (χ2v) is 3.23. The van der Waals surface area contributed by atoms with E-state index in [1.165, 1.54) is 0 Å². The molecule has 1 atom stereocenters. The minimum Gasteiger partial charge on any atom is -0.549 e. The Hall–Kier alpha value is -1.84. The van der Waals surface area contributed by atoms with Crippen molar-refractivity contribution in [2.45, 2.75) is 12.8 Å². The van der Waals surface area contributed by atoms with Crippen molar-refractivity contribution in [3.8, 4) is 0 Å². The molecule has 1 unspecified atom stereocenters. The van der Waals surface area contributed by atoms with Gasteiger partial charge in [-0.1, -0.05) is 30.3 Å². The van der Waals surface area contributed by atoms with Crippen LogP contribution in [0.2, 0.25) is 0 Å². The van der Waals surface area contributed by atoms with Gasteiger partial charge in [-0.25, -0.2) is 0 Å². The fourth-order valence-corrected chi connectivity index (χ4v) is 1.30. The maximum absolute atomic E-state index is 10.5. The van der Waals surface area contributed by atoms with Gasteiger partial charge in [0.05, 0.1) is 11.9 Å². The first-order valence-electron chi connectivity index (χ1n) is 4.59. The van der Waals surface area contributed by atoms with Crippen molar-refractivity contribution in [1.82, 2.24) is 0 Å². The SMILES string of the molecule is O=C([O-])C(CCc1ccccc1)C(=O)O.